The van der Waals surface area contributed by atoms with Crippen molar-refractivity contribution in [1.82, 2.24) is 0 Å². The predicted octanol–water partition coefficient (Wildman–Crippen LogP) is 3.19. The van der Waals surface area contributed by atoms with Gasteiger partial charge >= 0.3 is 0 Å². The van der Waals surface area contributed by atoms with Gasteiger partial charge in [0.15, 0.2) is 6.29 Å². The lowest BCUT2D eigenvalue weighted by atomic mass is 10.00. The monoisotopic (exact) mass is 255 g/mol. The molecule has 2 rings (SSSR count). The van der Waals surface area contributed by atoms with Crippen LogP contribution in [0.15, 0.2) is 36.4 Å². The smallest absolute Gasteiger partial charge is 0.153 e. The van der Waals surface area contributed by atoms with Crippen LogP contribution in [0.3, 0.4) is 0 Å². The number of halogens is 1. The third-order valence-electron chi connectivity index (χ3n) is 2.71. The number of nitriles is 1. The molecule has 0 unspecified atom stereocenters. The van der Waals surface area contributed by atoms with Gasteiger partial charge in [0.2, 0.25) is 0 Å². The van der Waals surface area contributed by atoms with E-state index in [0.29, 0.717) is 28.7 Å². The highest BCUT2D eigenvalue weighted by atomic mass is 19.1. The maximum Gasteiger partial charge on any atom is 0.153 e. The molecule has 0 N–H and O–H groups in total. The van der Waals surface area contributed by atoms with Crippen LogP contribution in [-0.2, 0) is 0 Å². The molecule has 3 nitrogen and oxygen atoms in total. The van der Waals surface area contributed by atoms with E-state index >= 15 is 0 Å². The van der Waals surface area contributed by atoms with Crippen LogP contribution in [0.4, 0.5) is 4.39 Å². The van der Waals surface area contributed by atoms with Crippen molar-refractivity contribution in [2.75, 3.05) is 7.11 Å². The van der Waals surface area contributed by atoms with Crippen LogP contribution in [0, 0.1) is 17.1 Å². The topological polar surface area (TPSA) is 50.1 Å². The summed E-state index contributed by atoms with van der Waals surface area (Å²) >= 11 is 0. The number of para-hydroxylation sites is 1. The number of benzene rings is 2. The molecule has 0 aliphatic heterocycles. The van der Waals surface area contributed by atoms with E-state index in [0.717, 1.165) is 6.07 Å². The van der Waals surface area contributed by atoms with Crippen molar-refractivity contribution < 1.29 is 13.9 Å². The van der Waals surface area contributed by atoms with Crippen LogP contribution in [0.25, 0.3) is 11.1 Å². The van der Waals surface area contributed by atoms with E-state index in [4.69, 9.17) is 10.00 Å². The normalized spacial score (nSPS) is 9.74. The predicted molar refractivity (Wildman–Crippen MR) is 68.5 cm³/mol. The van der Waals surface area contributed by atoms with Crippen LogP contribution in [0.5, 0.6) is 5.75 Å². The molecule has 0 spiro atoms. The quantitative estimate of drug-likeness (QED) is 0.791. The van der Waals surface area contributed by atoms with Crippen LogP contribution < -0.4 is 4.74 Å². The second-order valence-electron chi connectivity index (χ2n) is 3.89. The molecule has 0 radical (unpaired) electrons. The molecule has 2 aromatic carbocycles. The molecule has 0 aliphatic rings. The Morgan fingerprint density at radius 2 is 2.11 bits per heavy atom. The lowest BCUT2D eigenvalue weighted by Gasteiger charge is -2.11. The number of ether oxygens (including phenoxy) is 1. The number of carbonyl (C=O) groups excluding carboxylic acids is 1. The molecule has 0 heterocycles. The summed E-state index contributed by atoms with van der Waals surface area (Å²) < 4.78 is 18.7. The summed E-state index contributed by atoms with van der Waals surface area (Å²) in [4.78, 5) is 11.0. The first-order chi connectivity index (χ1) is 9.19. The van der Waals surface area contributed by atoms with Crippen LogP contribution >= 0.6 is 0 Å². The molecule has 94 valence electrons. The molecule has 4 heteroatoms. The summed E-state index contributed by atoms with van der Waals surface area (Å²) in [7, 11) is 1.44. The minimum absolute atomic E-state index is 0.216. The zero-order chi connectivity index (χ0) is 13.8. The number of aldehydes is 1. The van der Waals surface area contributed by atoms with E-state index in [1.807, 2.05) is 6.07 Å². The first-order valence-corrected chi connectivity index (χ1v) is 5.53. The summed E-state index contributed by atoms with van der Waals surface area (Å²) in [5.74, 6) is -0.139. The van der Waals surface area contributed by atoms with Gasteiger partial charge in [-0.05, 0) is 29.8 Å². The van der Waals surface area contributed by atoms with E-state index in [2.05, 4.69) is 0 Å². The maximum atomic E-state index is 13.5. The van der Waals surface area contributed by atoms with Gasteiger partial charge in [0.05, 0.1) is 24.3 Å². The molecular weight excluding hydrogens is 245 g/mol. The highest BCUT2D eigenvalue weighted by Gasteiger charge is 2.12. The average molecular weight is 255 g/mol. The largest absolute Gasteiger partial charge is 0.495 e. The van der Waals surface area contributed by atoms with Crippen molar-refractivity contribution in [3.63, 3.8) is 0 Å². The molecule has 0 aromatic heterocycles. The van der Waals surface area contributed by atoms with Gasteiger partial charge in [0.25, 0.3) is 0 Å². The number of hydrogen-bond donors (Lipinski definition) is 0. The highest BCUT2D eigenvalue weighted by molar-refractivity contribution is 5.86. The Kier molecular flexibility index (Phi) is 3.58. The summed E-state index contributed by atoms with van der Waals surface area (Å²) in [6, 6.07) is 10.9. The second kappa shape index (κ2) is 5.32. The van der Waals surface area contributed by atoms with Gasteiger partial charge in [0.1, 0.15) is 11.6 Å². The average Bonchev–Trinajstić information content (AvgIpc) is 2.45. The minimum atomic E-state index is -0.507. The molecule has 0 amide bonds. The standard InChI is InChI=1S/C15H10FNO2/c1-19-15-11(9-18)3-2-4-14(15)12-5-10(8-17)6-13(16)7-12/h2-7,9H,1H3. The summed E-state index contributed by atoms with van der Waals surface area (Å²) in [5, 5.41) is 8.86. The SMILES string of the molecule is COc1c(C=O)cccc1-c1cc(F)cc(C#N)c1. The first-order valence-electron chi connectivity index (χ1n) is 5.53. The van der Waals surface area contributed by atoms with E-state index in [9.17, 15) is 9.18 Å². The Morgan fingerprint density at radius 3 is 2.74 bits per heavy atom. The van der Waals surface area contributed by atoms with Gasteiger partial charge < -0.3 is 4.74 Å². The number of carbonyl (C=O) groups is 1. The van der Waals surface area contributed by atoms with Gasteiger partial charge in [0, 0.05) is 5.56 Å². The van der Waals surface area contributed by atoms with E-state index in [1.54, 1.807) is 24.3 Å². The summed E-state index contributed by atoms with van der Waals surface area (Å²) in [6.45, 7) is 0. The number of methoxy groups -OCH3 is 1. The van der Waals surface area contributed by atoms with E-state index < -0.39 is 5.82 Å². The summed E-state index contributed by atoms with van der Waals surface area (Å²) in [6.07, 6.45) is 0.673. The Labute approximate surface area is 109 Å². The van der Waals surface area contributed by atoms with Crippen molar-refractivity contribution in [2.24, 2.45) is 0 Å². The Hall–Kier alpha value is -2.67. The second-order valence-corrected chi connectivity index (χ2v) is 3.89. The Balaban J connectivity index is 2.68. The van der Waals surface area contributed by atoms with Gasteiger partial charge in [-0.3, -0.25) is 4.79 Å². The zero-order valence-electron chi connectivity index (χ0n) is 10.2. The molecule has 0 fully saturated rings. The molecule has 19 heavy (non-hydrogen) atoms. The fourth-order valence-corrected chi connectivity index (χ4v) is 1.91. The lowest BCUT2D eigenvalue weighted by Crippen LogP contribution is -1.94. The van der Waals surface area contributed by atoms with E-state index in [1.165, 1.54) is 13.2 Å². The van der Waals surface area contributed by atoms with E-state index in [-0.39, 0.29) is 5.56 Å². The lowest BCUT2D eigenvalue weighted by molar-refractivity contribution is 0.112. The van der Waals surface area contributed by atoms with Crippen LogP contribution in [-0.4, -0.2) is 13.4 Å². The fourth-order valence-electron chi connectivity index (χ4n) is 1.91. The molecule has 0 atom stereocenters. The van der Waals surface area contributed by atoms with Gasteiger partial charge in [-0.15, -0.1) is 0 Å². The zero-order valence-corrected chi connectivity index (χ0v) is 10.2. The molecule has 0 saturated heterocycles. The van der Waals surface area contributed by atoms with Crippen LogP contribution in [0.2, 0.25) is 0 Å². The Morgan fingerprint density at radius 1 is 1.32 bits per heavy atom. The Bertz CT molecular complexity index is 674. The molecule has 2 aromatic rings. The van der Waals surface area contributed by atoms with Crippen molar-refractivity contribution in [1.29, 1.82) is 5.26 Å². The molecule has 0 saturated carbocycles. The first kappa shape index (κ1) is 12.8. The van der Waals surface area contributed by atoms with Gasteiger partial charge in [-0.1, -0.05) is 12.1 Å². The highest BCUT2D eigenvalue weighted by Crippen LogP contribution is 2.33. The third-order valence-corrected chi connectivity index (χ3v) is 2.71. The van der Waals surface area contributed by atoms with Crippen molar-refractivity contribution in [3.8, 4) is 22.9 Å². The van der Waals surface area contributed by atoms with Crippen molar-refractivity contribution in [3.05, 3.63) is 53.3 Å². The number of hydrogen-bond acceptors (Lipinski definition) is 3. The molecule has 0 aliphatic carbocycles. The minimum Gasteiger partial charge on any atom is -0.495 e. The number of nitrogens with zero attached hydrogens (tertiary/aromatic N) is 1. The third kappa shape index (κ3) is 2.45. The maximum absolute atomic E-state index is 13.5. The molecule has 0 bridgehead atoms. The summed E-state index contributed by atoms with van der Waals surface area (Å²) in [5.41, 5.74) is 1.66. The van der Waals surface area contributed by atoms with Gasteiger partial charge in [-0.25, -0.2) is 4.39 Å². The number of rotatable bonds is 3. The fraction of sp³-hybridized carbons (Fsp3) is 0.0667. The van der Waals surface area contributed by atoms with Gasteiger partial charge in [-0.2, -0.15) is 5.26 Å². The van der Waals surface area contributed by atoms with Crippen LogP contribution in [0.1, 0.15) is 15.9 Å². The molecular formula is C15H10FNO2. The van der Waals surface area contributed by atoms with Crippen molar-refractivity contribution in [2.45, 2.75) is 0 Å². The van der Waals surface area contributed by atoms with Crippen molar-refractivity contribution >= 4 is 6.29 Å².